The van der Waals surface area contributed by atoms with E-state index in [1.807, 2.05) is 13.1 Å². The Morgan fingerprint density at radius 1 is 1.40 bits per heavy atom. The lowest BCUT2D eigenvalue weighted by molar-refractivity contribution is -0.109. The highest BCUT2D eigenvalue weighted by Crippen LogP contribution is 2.31. The summed E-state index contributed by atoms with van der Waals surface area (Å²) < 4.78 is 24.6. The number of halogens is 1. The summed E-state index contributed by atoms with van der Waals surface area (Å²) in [5, 5.41) is 14.5. The van der Waals surface area contributed by atoms with Gasteiger partial charge in [0.2, 0.25) is 6.29 Å². The van der Waals surface area contributed by atoms with Gasteiger partial charge in [-0.25, -0.2) is 19.2 Å². The predicted octanol–water partition coefficient (Wildman–Crippen LogP) is 2.48. The number of rotatable bonds is 6. The minimum Gasteiger partial charge on any atom is -0.350 e. The van der Waals surface area contributed by atoms with Crippen LogP contribution in [0.1, 0.15) is 35.1 Å². The number of hydrogen-bond acceptors (Lipinski definition) is 7. The first-order chi connectivity index (χ1) is 14.5. The fourth-order valence-corrected chi connectivity index (χ4v) is 3.37. The number of carbonyl (C=O) groups excluding carboxylic acids is 1. The second kappa shape index (κ2) is 9.58. The van der Waals surface area contributed by atoms with Gasteiger partial charge in [0.1, 0.15) is 34.8 Å². The molecule has 10 heteroatoms. The molecule has 0 unspecified atom stereocenters. The maximum absolute atomic E-state index is 13.8. The first-order valence-electron chi connectivity index (χ1n) is 9.39. The number of aryl methyl sites for hydroxylation is 1. The summed E-state index contributed by atoms with van der Waals surface area (Å²) in [6.07, 6.45) is 1.93. The number of aromatic nitrogens is 2. The molecule has 9 nitrogen and oxygen atoms in total. The molecule has 0 bridgehead atoms. The van der Waals surface area contributed by atoms with E-state index in [9.17, 15) is 9.18 Å². The molecule has 2 aromatic heterocycles. The van der Waals surface area contributed by atoms with Crippen LogP contribution in [0.15, 0.2) is 18.3 Å². The lowest BCUT2D eigenvalue weighted by Crippen LogP contribution is -2.40. The van der Waals surface area contributed by atoms with Crippen molar-refractivity contribution in [2.24, 2.45) is 0 Å². The molecule has 158 valence electrons. The predicted molar refractivity (Wildman–Crippen MR) is 107 cm³/mol. The second-order valence-corrected chi connectivity index (χ2v) is 6.70. The van der Waals surface area contributed by atoms with Crippen LogP contribution in [0, 0.1) is 17.1 Å². The molecule has 3 heterocycles. The van der Waals surface area contributed by atoms with Crippen LogP contribution in [0.2, 0.25) is 0 Å². The zero-order valence-electron chi connectivity index (χ0n) is 17.0. The number of urea groups is 1. The Labute approximate surface area is 173 Å². The average Bonchev–Trinajstić information content (AvgIpc) is 2.74. The molecule has 0 aliphatic carbocycles. The summed E-state index contributed by atoms with van der Waals surface area (Å²) in [6, 6.07) is 4.22. The third-order valence-corrected chi connectivity index (χ3v) is 4.75. The van der Waals surface area contributed by atoms with Gasteiger partial charge in [-0.3, -0.25) is 10.2 Å². The normalized spacial score (nSPS) is 13.1. The summed E-state index contributed by atoms with van der Waals surface area (Å²) in [4.78, 5) is 23.0. The molecule has 0 fully saturated rings. The van der Waals surface area contributed by atoms with Crippen LogP contribution in [0.25, 0.3) is 0 Å². The summed E-state index contributed by atoms with van der Waals surface area (Å²) in [5.41, 5.74) is 2.23. The fraction of sp³-hybridized carbons (Fsp3) is 0.400. The standard InChI is InChI=1S/C20H23FN6O3/c1-23-10-13-7-12-5-4-6-27(18(12)26-17(13)19(29-2)30-3)20(28)25-16-8-15(21)14(9-22)11-24-16/h7-8,11,19,23H,4-6,10H2,1-3H3,(H,24,25,28). The molecule has 0 aromatic carbocycles. The fourth-order valence-electron chi connectivity index (χ4n) is 3.37. The molecule has 0 saturated heterocycles. The van der Waals surface area contributed by atoms with Gasteiger partial charge in [-0.2, -0.15) is 5.26 Å². The van der Waals surface area contributed by atoms with Gasteiger partial charge < -0.3 is 14.8 Å². The van der Waals surface area contributed by atoms with Gasteiger partial charge in [0.15, 0.2) is 0 Å². The number of nitriles is 1. The Balaban J connectivity index is 1.93. The largest absolute Gasteiger partial charge is 0.350 e. The van der Waals surface area contributed by atoms with Crippen LogP contribution in [-0.4, -0.2) is 43.8 Å². The number of amides is 2. The van der Waals surface area contributed by atoms with E-state index in [1.54, 1.807) is 6.07 Å². The number of carbonyl (C=O) groups is 1. The molecule has 0 spiro atoms. The zero-order valence-corrected chi connectivity index (χ0v) is 17.0. The van der Waals surface area contributed by atoms with E-state index in [2.05, 4.69) is 15.6 Å². The smallest absolute Gasteiger partial charge is 0.328 e. The first-order valence-corrected chi connectivity index (χ1v) is 9.39. The lowest BCUT2D eigenvalue weighted by atomic mass is 10.0. The molecule has 2 N–H and O–H groups in total. The highest BCUT2D eigenvalue weighted by Gasteiger charge is 2.28. The first kappa shape index (κ1) is 21.6. The van der Waals surface area contributed by atoms with Gasteiger partial charge in [0.05, 0.1) is 6.20 Å². The molecule has 0 atom stereocenters. The highest BCUT2D eigenvalue weighted by molar-refractivity contribution is 6.01. The summed E-state index contributed by atoms with van der Waals surface area (Å²) in [7, 11) is 4.88. The SMILES string of the molecule is CNCc1cc2c(nc1C(OC)OC)N(C(=O)Nc1cc(F)c(C#N)cn1)CCC2. The molecule has 3 rings (SSSR count). The molecule has 1 aliphatic heterocycles. The molecular weight excluding hydrogens is 391 g/mol. The number of methoxy groups -OCH3 is 2. The maximum Gasteiger partial charge on any atom is 0.328 e. The number of pyridine rings is 2. The number of anilines is 2. The van der Waals surface area contributed by atoms with Gasteiger partial charge in [0, 0.05) is 33.4 Å². The molecule has 2 aromatic rings. The zero-order chi connectivity index (χ0) is 21.7. The third kappa shape index (κ3) is 4.38. The van der Waals surface area contributed by atoms with Crippen LogP contribution in [-0.2, 0) is 22.4 Å². The number of nitrogens with one attached hydrogen (secondary N) is 2. The number of ether oxygens (including phenoxy) is 2. The Morgan fingerprint density at radius 2 is 2.17 bits per heavy atom. The van der Waals surface area contributed by atoms with E-state index in [4.69, 9.17) is 19.7 Å². The monoisotopic (exact) mass is 414 g/mol. The highest BCUT2D eigenvalue weighted by atomic mass is 19.1. The topological polar surface area (TPSA) is 112 Å². The van der Waals surface area contributed by atoms with E-state index in [0.717, 1.165) is 36.2 Å². The number of hydrogen-bond donors (Lipinski definition) is 2. The maximum atomic E-state index is 13.8. The minimum atomic E-state index is -0.748. The summed E-state index contributed by atoms with van der Waals surface area (Å²) >= 11 is 0. The van der Waals surface area contributed by atoms with Crippen molar-refractivity contribution in [1.29, 1.82) is 5.26 Å². The molecule has 0 saturated carbocycles. The van der Waals surface area contributed by atoms with Crippen molar-refractivity contribution in [2.45, 2.75) is 25.7 Å². The number of nitrogens with zero attached hydrogens (tertiary/aromatic N) is 4. The van der Waals surface area contributed by atoms with Crippen molar-refractivity contribution in [1.82, 2.24) is 15.3 Å². The lowest BCUT2D eigenvalue weighted by Gasteiger charge is -2.30. The summed E-state index contributed by atoms with van der Waals surface area (Å²) in [5.74, 6) is -0.230. The van der Waals surface area contributed by atoms with Gasteiger partial charge in [0.25, 0.3) is 0 Å². The van der Waals surface area contributed by atoms with Crippen LogP contribution in [0.5, 0.6) is 0 Å². The Bertz CT molecular complexity index is 974. The second-order valence-electron chi connectivity index (χ2n) is 6.70. The van der Waals surface area contributed by atoms with Gasteiger partial charge in [-0.1, -0.05) is 0 Å². The van der Waals surface area contributed by atoms with Crippen molar-refractivity contribution in [3.63, 3.8) is 0 Å². The number of fused-ring (bicyclic) bond motifs is 1. The van der Waals surface area contributed by atoms with Crippen molar-refractivity contribution < 1.29 is 18.7 Å². The van der Waals surface area contributed by atoms with Gasteiger partial charge in [-0.05, 0) is 37.1 Å². The average molecular weight is 414 g/mol. The molecule has 0 radical (unpaired) electrons. The van der Waals surface area contributed by atoms with Crippen LogP contribution in [0.4, 0.5) is 20.8 Å². The molecule has 2 amide bonds. The van der Waals surface area contributed by atoms with E-state index in [-0.39, 0.29) is 11.4 Å². The third-order valence-electron chi connectivity index (χ3n) is 4.75. The Morgan fingerprint density at radius 3 is 2.80 bits per heavy atom. The van der Waals surface area contributed by atoms with Crippen molar-refractivity contribution in [2.75, 3.05) is 38.0 Å². The van der Waals surface area contributed by atoms with E-state index in [0.29, 0.717) is 24.6 Å². The van der Waals surface area contributed by atoms with Crippen molar-refractivity contribution in [3.8, 4) is 6.07 Å². The van der Waals surface area contributed by atoms with Crippen LogP contribution >= 0.6 is 0 Å². The van der Waals surface area contributed by atoms with Gasteiger partial charge >= 0.3 is 6.03 Å². The van der Waals surface area contributed by atoms with Crippen LogP contribution in [0.3, 0.4) is 0 Å². The van der Waals surface area contributed by atoms with E-state index in [1.165, 1.54) is 19.1 Å². The quantitative estimate of drug-likeness (QED) is 0.698. The van der Waals surface area contributed by atoms with E-state index < -0.39 is 18.1 Å². The Kier molecular flexibility index (Phi) is 6.89. The van der Waals surface area contributed by atoms with Crippen LogP contribution < -0.4 is 15.5 Å². The van der Waals surface area contributed by atoms with Crippen molar-refractivity contribution >= 4 is 17.7 Å². The Hall–Kier alpha value is -3.13. The van der Waals surface area contributed by atoms with Gasteiger partial charge in [-0.15, -0.1) is 0 Å². The molecule has 1 aliphatic rings. The molecular formula is C20H23FN6O3. The summed E-state index contributed by atoms with van der Waals surface area (Å²) in [6.45, 7) is 1.01. The minimum absolute atomic E-state index is 0.0160. The molecule has 30 heavy (non-hydrogen) atoms. The van der Waals surface area contributed by atoms with Crippen molar-refractivity contribution in [3.05, 3.63) is 46.5 Å². The van der Waals surface area contributed by atoms with E-state index >= 15 is 0 Å².